The smallest absolute Gasteiger partial charge is 0.250 e. The zero-order valence-electron chi connectivity index (χ0n) is 6.83. The topological polar surface area (TPSA) is 34.0 Å². The van der Waals surface area contributed by atoms with Crippen LogP contribution in [0.3, 0.4) is 0 Å². The molecule has 0 amide bonds. The van der Waals surface area contributed by atoms with Crippen LogP contribution in [-0.4, -0.2) is 4.57 Å². The van der Waals surface area contributed by atoms with Crippen LogP contribution < -0.4 is 10.9 Å². The van der Waals surface area contributed by atoms with Crippen molar-refractivity contribution in [3.63, 3.8) is 0 Å². The third-order valence-electron chi connectivity index (χ3n) is 2.14. The molecule has 0 aromatic carbocycles. The standard InChI is InChI=1S/C8H10N2O.ClH/c1-10-7-5-9-4-6(7)2-3-8(10)11;/h2-3,9H,4-5H2,1H3;1H. The van der Waals surface area contributed by atoms with Crippen molar-refractivity contribution in [1.82, 2.24) is 9.88 Å². The van der Waals surface area contributed by atoms with Crippen molar-refractivity contribution in [2.45, 2.75) is 13.1 Å². The van der Waals surface area contributed by atoms with Crippen LogP contribution in [0.4, 0.5) is 0 Å². The molecule has 0 saturated heterocycles. The summed E-state index contributed by atoms with van der Waals surface area (Å²) in [5, 5.41) is 3.20. The first-order valence-corrected chi connectivity index (χ1v) is 3.67. The fourth-order valence-electron chi connectivity index (χ4n) is 1.44. The van der Waals surface area contributed by atoms with Gasteiger partial charge in [-0.2, -0.15) is 0 Å². The van der Waals surface area contributed by atoms with Crippen LogP contribution in [0.25, 0.3) is 0 Å². The number of halogens is 1. The average molecular weight is 187 g/mol. The summed E-state index contributed by atoms with van der Waals surface area (Å²) < 4.78 is 1.70. The van der Waals surface area contributed by atoms with E-state index >= 15 is 0 Å². The largest absolute Gasteiger partial charge is 0.314 e. The van der Waals surface area contributed by atoms with Gasteiger partial charge in [0, 0.05) is 31.9 Å². The van der Waals surface area contributed by atoms with Crippen LogP contribution in [0.15, 0.2) is 16.9 Å². The SMILES string of the molecule is Cl.Cn1c2c(ccc1=O)CNC2. The molecule has 1 aliphatic heterocycles. The highest BCUT2D eigenvalue weighted by molar-refractivity contribution is 5.85. The molecule has 0 fully saturated rings. The minimum absolute atomic E-state index is 0. The lowest BCUT2D eigenvalue weighted by Crippen LogP contribution is -2.19. The number of nitrogens with one attached hydrogen (secondary N) is 1. The number of fused-ring (bicyclic) bond motifs is 1. The Labute approximate surface area is 76.8 Å². The second kappa shape index (κ2) is 3.29. The highest BCUT2D eigenvalue weighted by atomic mass is 35.5. The summed E-state index contributed by atoms with van der Waals surface area (Å²) in [5.74, 6) is 0. The average Bonchev–Trinajstić information content (AvgIpc) is 2.45. The summed E-state index contributed by atoms with van der Waals surface area (Å²) in [6.45, 7) is 1.71. The van der Waals surface area contributed by atoms with E-state index in [1.54, 1.807) is 10.6 Å². The van der Waals surface area contributed by atoms with Gasteiger partial charge in [0.1, 0.15) is 0 Å². The predicted molar refractivity (Wildman–Crippen MR) is 49.5 cm³/mol. The minimum atomic E-state index is 0. The van der Waals surface area contributed by atoms with Gasteiger partial charge in [-0.25, -0.2) is 0 Å². The van der Waals surface area contributed by atoms with Crippen molar-refractivity contribution in [3.8, 4) is 0 Å². The normalized spacial score (nSPS) is 13.8. The van der Waals surface area contributed by atoms with Crippen molar-refractivity contribution < 1.29 is 0 Å². The van der Waals surface area contributed by atoms with E-state index in [1.807, 2.05) is 13.1 Å². The molecule has 2 rings (SSSR count). The molecule has 0 aliphatic carbocycles. The Hall–Kier alpha value is -0.800. The predicted octanol–water partition coefficient (Wildman–Crippen LogP) is 0.410. The van der Waals surface area contributed by atoms with Crippen LogP contribution >= 0.6 is 12.4 Å². The quantitative estimate of drug-likeness (QED) is 0.637. The van der Waals surface area contributed by atoms with Gasteiger partial charge in [0.05, 0.1) is 0 Å². The summed E-state index contributed by atoms with van der Waals surface area (Å²) in [4.78, 5) is 11.1. The van der Waals surface area contributed by atoms with Gasteiger partial charge in [0.25, 0.3) is 5.56 Å². The Balaban J connectivity index is 0.000000720. The van der Waals surface area contributed by atoms with Crippen LogP contribution in [0.2, 0.25) is 0 Å². The Morgan fingerprint density at radius 1 is 1.42 bits per heavy atom. The fraction of sp³-hybridized carbons (Fsp3) is 0.375. The van der Waals surface area contributed by atoms with Crippen molar-refractivity contribution >= 4 is 12.4 Å². The molecule has 0 spiro atoms. The van der Waals surface area contributed by atoms with Gasteiger partial charge in [-0.3, -0.25) is 4.79 Å². The third-order valence-corrected chi connectivity index (χ3v) is 2.14. The molecule has 3 nitrogen and oxygen atoms in total. The summed E-state index contributed by atoms with van der Waals surface area (Å²) in [6.07, 6.45) is 0. The molecular formula is C8H11ClN2O. The van der Waals surface area contributed by atoms with Gasteiger partial charge in [0.15, 0.2) is 0 Å². The van der Waals surface area contributed by atoms with Gasteiger partial charge in [0.2, 0.25) is 0 Å². The summed E-state index contributed by atoms with van der Waals surface area (Å²) in [7, 11) is 1.81. The number of rotatable bonds is 0. The molecule has 2 heterocycles. The Morgan fingerprint density at radius 3 is 2.92 bits per heavy atom. The molecule has 1 aromatic rings. The molecule has 0 atom stereocenters. The second-order valence-corrected chi connectivity index (χ2v) is 2.81. The molecule has 0 saturated carbocycles. The van der Waals surface area contributed by atoms with E-state index < -0.39 is 0 Å². The van der Waals surface area contributed by atoms with Gasteiger partial charge in [-0.15, -0.1) is 12.4 Å². The van der Waals surface area contributed by atoms with Gasteiger partial charge >= 0.3 is 0 Å². The van der Waals surface area contributed by atoms with Crippen molar-refractivity contribution in [1.29, 1.82) is 0 Å². The Kier molecular flexibility index (Phi) is 2.55. The number of hydrogen-bond donors (Lipinski definition) is 1. The third kappa shape index (κ3) is 1.26. The van der Waals surface area contributed by atoms with Gasteiger partial charge in [-0.05, 0) is 5.56 Å². The van der Waals surface area contributed by atoms with Crippen LogP contribution in [-0.2, 0) is 20.1 Å². The first kappa shape index (κ1) is 9.29. The van der Waals surface area contributed by atoms with Crippen LogP contribution in [0.5, 0.6) is 0 Å². The number of pyridine rings is 1. The molecule has 0 bridgehead atoms. The van der Waals surface area contributed by atoms with E-state index in [-0.39, 0.29) is 18.0 Å². The van der Waals surface area contributed by atoms with Gasteiger partial charge < -0.3 is 9.88 Å². The van der Waals surface area contributed by atoms with E-state index in [4.69, 9.17) is 0 Å². The van der Waals surface area contributed by atoms with Crippen molar-refractivity contribution in [3.05, 3.63) is 33.7 Å². The summed E-state index contributed by atoms with van der Waals surface area (Å²) >= 11 is 0. The highest BCUT2D eigenvalue weighted by Crippen LogP contribution is 2.10. The van der Waals surface area contributed by atoms with Crippen LogP contribution in [0, 0.1) is 0 Å². The maximum atomic E-state index is 11.1. The first-order valence-electron chi connectivity index (χ1n) is 3.67. The molecule has 66 valence electrons. The fourth-order valence-corrected chi connectivity index (χ4v) is 1.44. The molecule has 0 radical (unpaired) electrons. The first-order chi connectivity index (χ1) is 5.29. The lowest BCUT2D eigenvalue weighted by molar-refractivity contribution is 0.720. The zero-order valence-corrected chi connectivity index (χ0v) is 7.65. The second-order valence-electron chi connectivity index (χ2n) is 2.81. The maximum absolute atomic E-state index is 11.1. The molecule has 12 heavy (non-hydrogen) atoms. The van der Waals surface area contributed by atoms with E-state index in [2.05, 4.69) is 5.32 Å². The summed E-state index contributed by atoms with van der Waals surface area (Å²) in [5.41, 5.74) is 2.44. The van der Waals surface area contributed by atoms with E-state index in [9.17, 15) is 4.79 Å². The number of aromatic nitrogens is 1. The number of hydrogen-bond acceptors (Lipinski definition) is 2. The molecule has 1 N–H and O–H groups in total. The van der Waals surface area contributed by atoms with Crippen LogP contribution in [0.1, 0.15) is 11.3 Å². The lowest BCUT2D eigenvalue weighted by atomic mass is 10.2. The van der Waals surface area contributed by atoms with E-state index in [0.29, 0.717) is 0 Å². The summed E-state index contributed by atoms with van der Waals surface area (Å²) in [6, 6.07) is 3.52. The van der Waals surface area contributed by atoms with E-state index in [1.165, 1.54) is 5.56 Å². The molecule has 1 aromatic heterocycles. The molecular weight excluding hydrogens is 176 g/mol. The molecule has 0 unspecified atom stereocenters. The Morgan fingerprint density at radius 2 is 2.17 bits per heavy atom. The monoisotopic (exact) mass is 186 g/mol. The Bertz CT molecular complexity index is 345. The lowest BCUT2D eigenvalue weighted by Gasteiger charge is -2.03. The van der Waals surface area contributed by atoms with Crippen molar-refractivity contribution in [2.75, 3.05) is 0 Å². The number of nitrogens with zero attached hydrogens (tertiary/aromatic N) is 1. The molecule has 4 heteroatoms. The minimum Gasteiger partial charge on any atom is -0.314 e. The van der Waals surface area contributed by atoms with E-state index in [0.717, 1.165) is 18.8 Å². The zero-order chi connectivity index (χ0) is 7.84. The molecule has 1 aliphatic rings. The highest BCUT2D eigenvalue weighted by Gasteiger charge is 2.11. The van der Waals surface area contributed by atoms with Crippen molar-refractivity contribution in [2.24, 2.45) is 7.05 Å². The maximum Gasteiger partial charge on any atom is 0.250 e. The van der Waals surface area contributed by atoms with Gasteiger partial charge in [-0.1, -0.05) is 6.07 Å².